The minimum Gasteiger partial charge on any atom is -0.363 e. The van der Waals surface area contributed by atoms with Crippen LogP contribution in [-0.2, 0) is 6.54 Å². The number of nitrogens with one attached hydrogen (secondary N) is 1. The monoisotopic (exact) mass is 298 g/mol. The molecule has 0 spiro atoms. The standard InChI is InChI=1S/C17H22N4O/c1-11-6-7-14(8-12(11)2)17(22)18-10-15-19-13(3)9-16(20-15)21(4)5/h6-9H,10H2,1-5H3,(H,18,22). The predicted octanol–water partition coefficient (Wildman–Crippen LogP) is 2.40. The van der Waals surface area contributed by atoms with Gasteiger partial charge in [-0.25, -0.2) is 9.97 Å². The molecule has 0 radical (unpaired) electrons. The number of carbonyl (C=O) groups excluding carboxylic acids is 1. The lowest BCUT2D eigenvalue weighted by molar-refractivity contribution is 0.0949. The molecule has 2 rings (SSSR count). The van der Waals surface area contributed by atoms with E-state index in [9.17, 15) is 4.79 Å². The number of hydrogen-bond donors (Lipinski definition) is 1. The van der Waals surface area contributed by atoms with Crippen molar-refractivity contribution in [2.75, 3.05) is 19.0 Å². The number of nitrogens with zero attached hydrogens (tertiary/aromatic N) is 3. The SMILES string of the molecule is Cc1cc(N(C)C)nc(CNC(=O)c2ccc(C)c(C)c2)n1. The van der Waals surface area contributed by atoms with E-state index in [4.69, 9.17) is 0 Å². The zero-order chi connectivity index (χ0) is 16.3. The highest BCUT2D eigenvalue weighted by Gasteiger charge is 2.09. The Labute approximate surface area is 131 Å². The van der Waals surface area contributed by atoms with Gasteiger partial charge in [-0.3, -0.25) is 4.79 Å². The lowest BCUT2D eigenvalue weighted by Gasteiger charge is -2.13. The summed E-state index contributed by atoms with van der Waals surface area (Å²) >= 11 is 0. The third kappa shape index (κ3) is 3.81. The van der Waals surface area contributed by atoms with Gasteiger partial charge in [-0.2, -0.15) is 0 Å². The van der Waals surface area contributed by atoms with Crippen LogP contribution < -0.4 is 10.2 Å². The zero-order valence-corrected chi connectivity index (χ0v) is 13.8. The number of hydrogen-bond acceptors (Lipinski definition) is 4. The Balaban J connectivity index is 2.09. The van der Waals surface area contributed by atoms with E-state index >= 15 is 0 Å². The Bertz CT molecular complexity index is 695. The summed E-state index contributed by atoms with van der Waals surface area (Å²) < 4.78 is 0. The van der Waals surface area contributed by atoms with E-state index < -0.39 is 0 Å². The van der Waals surface area contributed by atoms with Gasteiger partial charge in [0.05, 0.1) is 6.54 Å². The molecule has 0 saturated carbocycles. The van der Waals surface area contributed by atoms with Gasteiger partial charge >= 0.3 is 0 Å². The van der Waals surface area contributed by atoms with Crippen molar-refractivity contribution in [1.29, 1.82) is 0 Å². The van der Waals surface area contributed by atoms with Crippen LogP contribution in [0.4, 0.5) is 5.82 Å². The summed E-state index contributed by atoms with van der Waals surface area (Å²) in [7, 11) is 3.86. The molecular formula is C17H22N4O. The van der Waals surface area contributed by atoms with Crippen molar-refractivity contribution in [3.63, 3.8) is 0 Å². The number of amides is 1. The van der Waals surface area contributed by atoms with Gasteiger partial charge in [0.15, 0.2) is 0 Å². The van der Waals surface area contributed by atoms with Gasteiger partial charge in [-0.1, -0.05) is 6.07 Å². The second-order valence-electron chi connectivity index (χ2n) is 5.66. The van der Waals surface area contributed by atoms with Gasteiger partial charge in [-0.15, -0.1) is 0 Å². The van der Waals surface area contributed by atoms with Gasteiger partial charge in [0, 0.05) is 31.4 Å². The summed E-state index contributed by atoms with van der Waals surface area (Å²) in [5.41, 5.74) is 3.82. The van der Waals surface area contributed by atoms with Crippen LogP contribution in [-0.4, -0.2) is 30.0 Å². The Morgan fingerprint density at radius 1 is 1.09 bits per heavy atom. The van der Waals surface area contributed by atoms with Gasteiger partial charge in [-0.05, 0) is 44.0 Å². The molecule has 1 aromatic carbocycles. The predicted molar refractivity (Wildman–Crippen MR) is 88.2 cm³/mol. The highest BCUT2D eigenvalue weighted by Crippen LogP contribution is 2.11. The third-order valence-corrected chi connectivity index (χ3v) is 3.52. The van der Waals surface area contributed by atoms with Crippen molar-refractivity contribution in [2.24, 2.45) is 0 Å². The highest BCUT2D eigenvalue weighted by molar-refractivity contribution is 5.94. The first-order valence-electron chi connectivity index (χ1n) is 7.24. The van der Waals surface area contributed by atoms with E-state index in [1.807, 2.05) is 64.0 Å². The number of carbonyl (C=O) groups is 1. The first-order chi connectivity index (χ1) is 10.4. The highest BCUT2D eigenvalue weighted by atomic mass is 16.1. The van der Waals surface area contributed by atoms with Crippen molar-refractivity contribution in [3.05, 3.63) is 52.5 Å². The first-order valence-corrected chi connectivity index (χ1v) is 7.24. The fourth-order valence-corrected chi connectivity index (χ4v) is 2.06. The molecule has 1 N–H and O–H groups in total. The van der Waals surface area contributed by atoms with Crippen LogP contribution in [0.15, 0.2) is 24.3 Å². The van der Waals surface area contributed by atoms with Crippen LogP contribution in [0.2, 0.25) is 0 Å². The van der Waals surface area contributed by atoms with Crippen molar-refractivity contribution in [3.8, 4) is 0 Å². The Hall–Kier alpha value is -2.43. The molecule has 5 heteroatoms. The fourth-order valence-electron chi connectivity index (χ4n) is 2.06. The molecule has 0 aliphatic rings. The maximum atomic E-state index is 12.2. The minimum absolute atomic E-state index is 0.111. The fraction of sp³-hybridized carbons (Fsp3) is 0.353. The maximum absolute atomic E-state index is 12.2. The Morgan fingerprint density at radius 2 is 1.82 bits per heavy atom. The molecule has 0 aliphatic carbocycles. The maximum Gasteiger partial charge on any atom is 0.251 e. The molecule has 0 unspecified atom stereocenters. The van der Waals surface area contributed by atoms with E-state index in [1.165, 1.54) is 5.56 Å². The molecule has 0 atom stereocenters. The number of rotatable bonds is 4. The number of aryl methyl sites for hydroxylation is 3. The second-order valence-corrected chi connectivity index (χ2v) is 5.66. The molecule has 22 heavy (non-hydrogen) atoms. The topological polar surface area (TPSA) is 58.1 Å². The van der Waals surface area contributed by atoms with E-state index in [0.29, 0.717) is 17.9 Å². The third-order valence-electron chi connectivity index (χ3n) is 3.52. The van der Waals surface area contributed by atoms with Gasteiger partial charge in [0.2, 0.25) is 0 Å². The first kappa shape index (κ1) is 15.9. The molecule has 5 nitrogen and oxygen atoms in total. The van der Waals surface area contributed by atoms with Crippen LogP contribution in [0.1, 0.15) is 33.0 Å². The average Bonchev–Trinajstić information content (AvgIpc) is 2.47. The quantitative estimate of drug-likeness (QED) is 0.941. The van der Waals surface area contributed by atoms with Crippen LogP contribution in [0.25, 0.3) is 0 Å². The summed E-state index contributed by atoms with van der Waals surface area (Å²) in [5.74, 6) is 1.34. The molecule has 1 amide bonds. The molecular weight excluding hydrogens is 276 g/mol. The molecule has 1 aromatic heterocycles. The molecule has 2 aromatic rings. The number of anilines is 1. The van der Waals surface area contributed by atoms with Crippen LogP contribution in [0.5, 0.6) is 0 Å². The summed E-state index contributed by atoms with van der Waals surface area (Å²) in [4.78, 5) is 22.9. The Morgan fingerprint density at radius 3 is 2.45 bits per heavy atom. The molecule has 1 heterocycles. The zero-order valence-electron chi connectivity index (χ0n) is 13.8. The summed E-state index contributed by atoms with van der Waals surface area (Å²) in [6.45, 7) is 6.26. The van der Waals surface area contributed by atoms with E-state index in [2.05, 4.69) is 15.3 Å². The molecule has 0 fully saturated rings. The van der Waals surface area contributed by atoms with Crippen LogP contribution in [0, 0.1) is 20.8 Å². The van der Waals surface area contributed by atoms with Crippen LogP contribution >= 0.6 is 0 Å². The van der Waals surface area contributed by atoms with Gasteiger partial charge < -0.3 is 10.2 Å². The van der Waals surface area contributed by atoms with E-state index in [0.717, 1.165) is 17.1 Å². The molecule has 0 bridgehead atoms. The van der Waals surface area contributed by atoms with E-state index in [-0.39, 0.29) is 5.91 Å². The normalized spacial score (nSPS) is 10.4. The van der Waals surface area contributed by atoms with Crippen molar-refractivity contribution < 1.29 is 4.79 Å². The van der Waals surface area contributed by atoms with Crippen molar-refractivity contribution >= 4 is 11.7 Å². The van der Waals surface area contributed by atoms with Crippen LogP contribution in [0.3, 0.4) is 0 Å². The summed E-state index contributed by atoms with van der Waals surface area (Å²) in [6, 6.07) is 7.60. The number of aromatic nitrogens is 2. The smallest absolute Gasteiger partial charge is 0.251 e. The summed E-state index contributed by atoms with van der Waals surface area (Å²) in [5, 5.41) is 2.87. The lowest BCUT2D eigenvalue weighted by atomic mass is 10.1. The molecule has 0 aliphatic heterocycles. The van der Waals surface area contributed by atoms with E-state index in [1.54, 1.807) is 0 Å². The summed E-state index contributed by atoms with van der Waals surface area (Å²) in [6.07, 6.45) is 0. The van der Waals surface area contributed by atoms with Gasteiger partial charge in [0.1, 0.15) is 11.6 Å². The molecule has 116 valence electrons. The molecule has 0 saturated heterocycles. The van der Waals surface area contributed by atoms with Crippen molar-refractivity contribution in [1.82, 2.24) is 15.3 Å². The minimum atomic E-state index is -0.111. The number of benzene rings is 1. The van der Waals surface area contributed by atoms with Crippen molar-refractivity contribution in [2.45, 2.75) is 27.3 Å². The van der Waals surface area contributed by atoms with Gasteiger partial charge in [0.25, 0.3) is 5.91 Å². The Kier molecular flexibility index (Phi) is 4.75. The lowest BCUT2D eigenvalue weighted by Crippen LogP contribution is -2.25. The average molecular weight is 298 g/mol. The second kappa shape index (κ2) is 6.56. The largest absolute Gasteiger partial charge is 0.363 e.